The maximum absolute atomic E-state index is 12.8. The van der Waals surface area contributed by atoms with Gasteiger partial charge in [0.15, 0.2) is 0 Å². The summed E-state index contributed by atoms with van der Waals surface area (Å²) in [7, 11) is 1.45. The lowest BCUT2D eigenvalue weighted by atomic mass is 9.85. The molecule has 8 heteroatoms. The Kier molecular flexibility index (Phi) is 8.77. The van der Waals surface area contributed by atoms with Gasteiger partial charge in [-0.2, -0.15) is 12.6 Å². The molecule has 0 aliphatic carbocycles. The van der Waals surface area contributed by atoms with E-state index in [0.717, 1.165) is 0 Å². The number of rotatable bonds is 8. The second-order valence-electron chi connectivity index (χ2n) is 7.54. The Morgan fingerprint density at radius 3 is 2.08 bits per heavy atom. The number of nitrogens with zero attached hydrogens (tertiary/aromatic N) is 1. The Balaban J connectivity index is 5.43. The van der Waals surface area contributed by atoms with Crippen LogP contribution in [0, 0.1) is 11.3 Å². The van der Waals surface area contributed by atoms with Crippen molar-refractivity contribution in [2.24, 2.45) is 17.1 Å². The van der Waals surface area contributed by atoms with Crippen molar-refractivity contribution in [2.45, 2.75) is 59.2 Å². The predicted octanol–water partition coefficient (Wildman–Crippen LogP) is 0.732. The van der Waals surface area contributed by atoms with Crippen LogP contribution in [0.5, 0.6) is 0 Å². The molecule has 2 amide bonds. The van der Waals surface area contributed by atoms with Gasteiger partial charge in [-0.3, -0.25) is 9.59 Å². The van der Waals surface area contributed by atoms with Gasteiger partial charge in [0, 0.05) is 12.8 Å². The molecule has 0 aliphatic heterocycles. The summed E-state index contributed by atoms with van der Waals surface area (Å²) >= 11 is 3.98. The number of carbonyl (C=O) groups is 3. The number of nitrogens with one attached hydrogen (secondary N) is 1. The van der Waals surface area contributed by atoms with Crippen LogP contribution < -0.4 is 11.1 Å². The van der Waals surface area contributed by atoms with Crippen LogP contribution in [0.2, 0.25) is 0 Å². The largest absolute Gasteiger partial charge is 0.480 e. The molecule has 7 nitrogen and oxygen atoms in total. The lowest BCUT2D eigenvalue weighted by Gasteiger charge is -2.37. The summed E-state index contributed by atoms with van der Waals surface area (Å²) in [5.41, 5.74) is 4.99. The Morgan fingerprint density at radius 2 is 1.75 bits per heavy atom. The lowest BCUT2D eigenvalue weighted by molar-refractivity contribution is -0.155. The standard InChI is InChI=1S/C16H31N3O4S/c1-9(2)7-11(18-13(20)10(17)8-24)14(21)19(6)12(15(22)23)16(3,4)5/h9-12,24H,7-8,17H2,1-6H3,(H,18,20)(H,22,23)/t10-,11+,12-/m1/s1. The molecule has 0 aliphatic rings. The van der Waals surface area contributed by atoms with Gasteiger partial charge in [0.25, 0.3) is 0 Å². The maximum Gasteiger partial charge on any atom is 0.326 e. The SMILES string of the molecule is CC(C)C[C@H](NC(=O)[C@H](N)CS)C(=O)N(C)[C@H](C(=O)O)C(C)(C)C. The van der Waals surface area contributed by atoms with Crippen LogP contribution in [0.25, 0.3) is 0 Å². The Bertz CT molecular complexity index is 463. The zero-order valence-electron chi connectivity index (χ0n) is 15.4. The van der Waals surface area contributed by atoms with Gasteiger partial charge in [0.1, 0.15) is 12.1 Å². The summed E-state index contributed by atoms with van der Waals surface area (Å²) < 4.78 is 0. The fraction of sp³-hybridized carbons (Fsp3) is 0.812. The second-order valence-corrected chi connectivity index (χ2v) is 7.90. The molecule has 0 fully saturated rings. The maximum atomic E-state index is 12.8. The van der Waals surface area contributed by atoms with E-state index in [1.807, 2.05) is 13.8 Å². The number of carboxylic acids is 1. The van der Waals surface area contributed by atoms with E-state index < -0.39 is 41.3 Å². The summed E-state index contributed by atoms with van der Waals surface area (Å²) in [5.74, 6) is -1.70. The molecule has 0 radical (unpaired) electrons. The predicted molar refractivity (Wildman–Crippen MR) is 96.9 cm³/mol. The van der Waals surface area contributed by atoms with Crippen LogP contribution in [0.15, 0.2) is 0 Å². The fourth-order valence-electron chi connectivity index (χ4n) is 2.54. The average Bonchev–Trinajstić information content (AvgIpc) is 2.42. The molecule has 4 N–H and O–H groups in total. The van der Waals surface area contributed by atoms with Crippen molar-refractivity contribution in [3.8, 4) is 0 Å². The number of hydrogen-bond acceptors (Lipinski definition) is 5. The van der Waals surface area contributed by atoms with Gasteiger partial charge in [-0.05, 0) is 17.8 Å². The monoisotopic (exact) mass is 361 g/mol. The van der Waals surface area contributed by atoms with Gasteiger partial charge in [-0.15, -0.1) is 0 Å². The van der Waals surface area contributed by atoms with Crippen molar-refractivity contribution < 1.29 is 19.5 Å². The first-order chi connectivity index (χ1) is 10.8. The molecule has 0 aromatic carbocycles. The highest BCUT2D eigenvalue weighted by Crippen LogP contribution is 2.25. The van der Waals surface area contributed by atoms with Crippen LogP contribution in [0.1, 0.15) is 41.0 Å². The molecule has 140 valence electrons. The molecule has 0 saturated heterocycles. The van der Waals surface area contributed by atoms with Crippen molar-refractivity contribution in [3.05, 3.63) is 0 Å². The van der Waals surface area contributed by atoms with Gasteiger partial charge in [-0.1, -0.05) is 34.6 Å². The number of carbonyl (C=O) groups excluding carboxylic acids is 2. The highest BCUT2D eigenvalue weighted by Gasteiger charge is 2.39. The number of hydrogen-bond donors (Lipinski definition) is 4. The van der Waals surface area contributed by atoms with Gasteiger partial charge in [0.05, 0.1) is 6.04 Å². The van der Waals surface area contributed by atoms with Crippen molar-refractivity contribution in [3.63, 3.8) is 0 Å². The second kappa shape index (κ2) is 9.27. The summed E-state index contributed by atoms with van der Waals surface area (Å²) in [4.78, 5) is 37.6. The van der Waals surface area contributed by atoms with Gasteiger partial charge in [-0.25, -0.2) is 4.79 Å². The van der Waals surface area contributed by atoms with E-state index in [4.69, 9.17) is 5.73 Å². The highest BCUT2D eigenvalue weighted by molar-refractivity contribution is 7.80. The summed E-state index contributed by atoms with van der Waals surface area (Å²) in [6.07, 6.45) is 0.394. The van der Waals surface area contributed by atoms with Gasteiger partial charge < -0.3 is 21.1 Å². The summed E-state index contributed by atoms with van der Waals surface area (Å²) in [5, 5.41) is 12.1. The van der Waals surface area contributed by atoms with E-state index in [9.17, 15) is 19.5 Å². The zero-order chi connectivity index (χ0) is 19.2. The normalized spacial score (nSPS) is 15.5. The number of aliphatic carboxylic acids is 1. The third-order valence-corrected chi connectivity index (χ3v) is 4.04. The summed E-state index contributed by atoms with van der Waals surface area (Å²) in [6, 6.07) is -2.65. The third-order valence-electron chi connectivity index (χ3n) is 3.64. The van der Waals surface area contributed by atoms with E-state index in [-0.39, 0.29) is 11.7 Å². The van der Waals surface area contributed by atoms with E-state index in [2.05, 4.69) is 17.9 Å². The number of amides is 2. The van der Waals surface area contributed by atoms with Crippen LogP contribution >= 0.6 is 12.6 Å². The topological polar surface area (TPSA) is 113 Å². The Morgan fingerprint density at radius 1 is 1.25 bits per heavy atom. The molecule has 3 atom stereocenters. The molecule has 0 aromatic heterocycles. The van der Waals surface area contributed by atoms with E-state index in [1.165, 1.54) is 11.9 Å². The molecule has 0 heterocycles. The fourth-order valence-corrected chi connectivity index (χ4v) is 2.71. The van der Waals surface area contributed by atoms with E-state index in [0.29, 0.717) is 6.42 Å². The Labute approximate surface area is 149 Å². The lowest BCUT2D eigenvalue weighted by Crippen LogP contribution is -2.58. The number of thiol groups is 1. The average molecular weight is 362 g/mol. The molecule has 0 aromatic rings. The molecule has 0 spiro atoms. The van der Waals surface area contributed by atoms with Crippen LogP contribution in [0.4, 0.5) is 0 Å². The van der Waals surface area contributed by atoms with Crippen molar-refractivity contribution in [1.82, 2.24) is 10.2 Å². The molecular weight excluding hydrogens is 330 g/mol. The molecule has 0 unspecified atom stereocenters. The minimum atomic E-state index is -1.08. The number of likely N-dealkylation sites (N-methyl/N-ethyl adjacent to an activating group) is 1. The smallest absolute Gasteiger partial charge is 0.326 e. The van der Waals surface area contributed by atoms with Crippen molar-refractivity contribution in [1.29, 1.82) is 0 Å². The first-order valence-electron chi connectivity index (χ1n) is 7.99. The minimum Gasteiger partial charge on any atom is -0.480 e. The third kappa shape index (κ3) is 6.68. The van der Waals surface area contributed by atoms with Crippen LogP contribution in [-0.4, -0.2) is 58.7 Å². The Hall–Kier alpha value is -1.28. The van der Waals surface area contributed by atoms with Gasteiger partial charge in [0.2, 0.25) is 11.8 Å². The minimum absolute atomic E-state index is 0.137. The zero-order valence-corrected chi connectivity index (χ0v) is 16.3. The van der Waals surface area contributed by atoms with Crippen LogP contribution in [0.3, 0.4) is 0 Å². The van der Waals surface area contributed by atoms with Crippen molar-refractivity contribution in [2.75, 3.05) is 12.8 Å². The summed E-state index contributed by atoms with van der Waals surface area (Å²) in [6.45, 7) is 9.10. The highest BCUT2D eigenvalue weighted by atomic mass is 32.1. The quantitative estimate of drug-likeness (QED) is 0.476. The van der Waals surface area contributed by atoms with E-state index in [1.54, 1.807) is 20.8 Å². The van der Waals surface area contributed by atoms with Crippen LogP contribution in [-0.2, 0) is 14.4 Å². The molecule has 24 heavy (non-hydrogen) atoms. The van der Waals surface area contributed by atoms with Crippen molar-refractivity contribution >= 4 is 30.4 Å². The number of carboxylic acid groups (broad SMARTS) is 1. The molecule has 0 bridgehead atoms. The molecule has 0 saturated carbocycles. The first-order valence-corrected chi connectivity index (χ1v) is 8.62. The number of nitrogens with two attached hydrogens (primary N) is 1. The molecular formula is C16H31N3O4S. The molecule has 0 rings (SSSR count). The first kappa shape index (κ1) is 22.7. The van der Waals surface area contributed by atoms with E-state index >= 15 is 0 Å². The van der Waals surface area contributed by atoms with Gasteiger partial charge >= 0.3 is 5.97 Å².